The van der Waals surface area contributed by atoms with Gasteiger partial charge < -0.3 is 4.74 Å². The molecular weight excluding hydrogens is 336 g/mol. The van der Waals surface area contributed by atoms with E-state index >= 15 is 0 Å². The van der Waals surface area contributed by atoms with E-state index < -0.39 is 30.3 Å². The maximum atomic E-state index is 13.4. The molecule has 4 heterocycles. The molecule has 2 bridgehead atoms. The number of piperidine rings is 3. The van der Waals surface area contributed by atoms with E-state index in [-0.39, 0.29) is 23.8 Å². The summed E-state index contributed by atoms with van der Waals surface area (Å²) < 4.78 is 47.2. The van der Waals surface area contributed by atoms with Crippen molar-refractivity contribution in [3.63, 3.8) is 0 Å². The highest BCUT2D eigenvalue weighted by Gasteiger charge is 2.39. The maximum absolute atomic E-state index is 13.4. The summed E-state index contributed by atoms with van der Waals surface area (Å²) in [7, 11) is 0. The van der Waals surface area contributed by atoms with E-state index in [2.05, 4.69) is 4.90 Å². The monoisotopic (exact) mass is 367 g/mol. The van der Waals surface area contributed by atoms with Crippen LogP contribution >= 0.6 is 0 Å². The minimum Gasteiger partial charge on any atom is -0.444 e. The van der Waals surface area contributed by atoms with E-state index in [0.717, 1.165) is 43.6 Å². The molecule has 0 aliphatic carbocycles. The van der Waals surface area contributed by atoms with Gasteiger partial charge in [0, 0.05) is 13.1 Å². The molecule has 2 atom stereocenters. The summed E-state index contributed by atoms with van der Waals surface area (Å²) in [5.41, 5.74) is 1.91. The first kappa shape index (κ1) is 12.2. The number of carbonyl (C=O) groups excluding carboxylic acids is 1. The fourth-order valence-corrected chi connectivity index (χ4v) is 4.71. The lowest BCUT2D eigenvalue weighted by atomic mass is 9.86. The number of carbonyl (C=O) groups is 1. The van der Waals surface area contributed by atoms with Gasteiger partial charge in [0.2, 0.25) is 0 Å². The normalized spacial score (nSPS) is 31.9. The predicted octanol–water partition coefficient (Wildman–Crippen LogP) is 3.86. The average molecular weight is 368 g/mol. The molecule has 4 heteroatoms. The molecule has 0 saturated carbocycles. The molecule has 0 spiro atoms. The summed E-state index contributed by atoms with van der Waals surface area (Å²) in [6, 6.07) is 5.03. The Morgan fingerprint density at radius 3 is 2.59 bits per heavy atom. The van der Waals surface area contributed by atoms with Crippen molar-refractivity contribution in [1.29, 1.82) is 0 Å². The van der Waals surface area contributed by atoms with Gasteiger partial charge in [-0.2, -0.15) is 0 Å². The number of fused-ring (bicyclic) bond motifs is 4. The molecule has 0 N–H and O–H groups in total. The molecule has 2 aromatic carbocycles. The number of benzene rings is 2. The van der Waals surface area contributed by atoms with Gasteiger partial charge >= 0.3 is 6.09 Å². The molecule has 4 nitrogen and oxygen atoms in total. The van der Waals surface area contributed by atoms with Gasteiger partial charge in [0.1, 0.15) is 6.10 Å². The van der Waals surface area contributed by atoms with Crippen molar-refractivity contribution in [3.8, 4) is 0 Å². The number of hydrogen-bond acceptors (Lipinski definition) is 3. The van der Waals surface area contributed by atoms with Crippen LogP contribution in [0.3, 0.4) is 0 Å². The van der Waals surface area contributed by atoms with Gasteiger partial charge in [-0.15, -0.1) is 0 Å². The molecule has 3 saturated heterocycles. The standard InChI is InChI=1S/C23H26N2O2/c26-23(27-21-16-24-13-10-18(21)11-14-24)25-15-12-17-6-4-5-9-20(17)22(25)19-7-2-1-3-8-19/h1-9,18,21-22H,10-16H2/t21-,22?/m0/s1/i1D,2D,3D,7D,8D. The molecule has 4 aliphatic rings. The second-order valence-corrected chi connectivity index (χ2v) is 7.64. The lowest BCUT2D eigenvalue weighted by Crippen LogP contribution is -2.53. The highest BCUT2D eigenvalue weighted by atomic mass is 16.6. The fraction of sp³-hybridized carbons (Fsp3) is 0.435. The summed E-state index contributed by atoms with van der Waals surface area (Å²) in [6.45, 7) is 3.19. The SMILES string of the molecule is [2H]c1c([2H])c([2H])c(C2c3ccccc3CCN2C(=O)O[C@H]2CN3CCC2CC3)c([2H])c1[2H]. The first-order chi connectivity index (χ1) is 15.4. The van der Waals surface area contributed by atoms with E-state index in [9.17, 15) is 4.79 Å². The zero-order valence-corrected chi connectivity index (χ0v) is 15.2. The Hall–Kier alpha value is -2.33. The minimum absolute atomic E-state index is 0.119. The topological polar surface area (TPSA) is 32.8 Å². The van der Waals surface area contributed by atoms with Crippen LogP contribution in [0.1, 0.15) is 42.4 Å². The summed E-state index contributed by atoms with van der Waals surface area (Å²) >= 11 is 0. The highest BCUT2D eigenvalue weighted by Crippen LogP contribution is 2.36. The first-order valence-corrected chi connectivity index (χ1v) is 9.71. The quantitative estimate of drug-likeness (QED) is 0.808. The Bertz CT molecular complexity index is 1040. The highest BCUT2D eigenvalue weighted by molar-refractivity contribution is 5.70. The molecule has 0 radical (unpaired) electrons. The first-order valence-electron chi connectivity index (χ1n) is 12.2. The van der Waals surface area contributed by atoms with E-state index in [0.29, 0.717) is 18.9 Å². The molecule has 0 aromatic heterocycles. The van der Waals surface area contributed by atoms with Gasteiger partial charge in [-0.1, -0.05) is 54.5 Å². The third-order valence-electron chi connectivity index (χ3n) is 6.16. The Morgan fingerprint density at radius 1 is 1.07 bits per heavy atom. The van der Waals surface area contributed by atoms with Crippen molar-refractivity contribution < 1.29 is 16.4 Å². The minimum atomic E-state index is -0.790. The van der Waals surface area contributed by atoms with Crippen LogP contribution in [0.25, 0.3) is 0 Å². The van der Waals surface area contributed by atoms with Gasteiger partial charge in [0.15, 0.2) is 0 Å². The lowest BCUT2D eigenvalue weighted by molar-refractivity contribution is -0.0462. The summed E-state index contributed by atoms with van der Waals surface area (Å²) in [5, 5.41) is 0. The van der Waals surface area contributed by atoms with Gasteiger partial charge in [-0.3, -0.25) is 9.80 Å². The van der Waals surface area contributed by atoms with Crippen molar-refractivity contribution in [2.45, 2.75) is 31.4 Å². The van der Waals surface area contributed by atoms with Crippen LogP contribution in [0.5, 0.6) is 0 Å². The van der Waals surface area contributed by atoms with E-state index in [1.165, 1.54) is 0 Å². The Labute approximate surface area is 167 Å². The van der Waals surface area contributed by atoms with E-state index in [1.807, 2.05) is 24.3 Å². The molecule has 3 fully saturated rings. The number of hydrogen-bond donors (Lipinski definition) is 0. The van der Waals surface area contributed by atoms with Crippen LogP contribution in [0, 0.1) is 5.92 Å². The van der Waals surface area contributed by atoms with Gasteiger partial charge in [-0.05, 0) is 55.0 Å². The Kier molecular flexibility index (Phi) is 3.16. The third kappa shape index (κ3) is 3.12. The second-order valence-electron chi connectivity index (χ2n) is 7.64. The number of nitrogens with zero attached hydrogens (tertiary/aromatic N) is 2. The molecule has 1 unspecified atom stereocenters. The van der Waals surface area contributed by atoms with Crippen molar-refractivity contribution in [2.24, 2.45) is 5.92 Å². The smallest absolute Gasteiger partial charge is 0.410 e. The molecule has 140 valence electrons. The van der Waals surface area contributed by atoms with E-state index in [4.69, 9.17) is 11.6 Å². The second kappa shape index (κ2) is 7.01. The Morgan fingerprint density at radius 2 is 1.85 bits per heavy atom. The third-order valence-corrected chi connectivity index (χ3v) is 6.16. The van der Waals surface area contributed by atoms with Gasteiger partial charge in [-0.25, -0.2) is 4.79 Å². The van der Waals surface area contributed by atoms with Crippen molar-refractivity contribution >= 4 is 6.09 Å². The van der Waals surface area contributed by atoms with E-state index in [1.54, 1.807) is 4.90 Å². The van der Waals surface area contributed by atoms with Crippen molar-refractivity contribution in [2.75, 3.05) is 26.2 Å². The van der Waals surface area contributed by atoms with Crippen LogP contribution < -0.4 is 0 Å². The summed E-state index contributed by atoms with van der Waals surface area (Å²) in [4.78, 5) is 17.3. The maximum Gasteiger partial charge on any atom is 0.410 e. The zero-order valence-electron chi connectivity index (χ0n) is 20.2. The largest absolute Gasteiger partial charge is 0.444 e. The molecule has 4 aliphatic heterocycles. The van der Waals surface area contributed by atoms with Crippen LogP contribution in [-0.4, -0.2) is 48.2 Å². The summed E-state index contributed by atoms with van der Waals surface area (Å²) in [5.74, 6) is 0.361. The lowest BCUT2D eigenvalue weighted by Gasteiger charge is -2.45. The van der Waals surface area contributed by atoms with Gasteiger partial charge in [0.25, 0.3) is 0 Å². The van der Waals surface area contributed by atoms with Crippen LogP contribution in [0.4, 0.5) is 4.79 Å². The number of rotatable bonds is 2. The molecule has 27 heavy (non-hydrogen) atoms. The zero-order chi connectivity index (χ0) is 22.6. The van der Waals surface area contributed by atoms with Crippen LogP contribution in [0.2, 0.25) is 0 Å². The van der Waals surface area contributed by atoms with Crippen molar-refractivity contribution in [3.05, 3.63) is 71.2 Å². The Balaban J connectivity index is 1.55. The van der Waals surface area contributed by atoms with Crippen LogP contribution in [-0.2, 0) is 11.2 Å². The molecular formula is C23H26N2O2. The van der Waals surface area contributed by atoms with Crippen molar-refractivity contribution in [1.82, 2.24) is 9.80 Å². The number of amides is 1. The molecule has 6 rings (SSSR count). The summed E-state index contributed by atoms with van der Waals surface area (Å²) in [6.07, 6.45) is 2.03. The number of ether oxygens (including phenoxy) is 1. The predicted molar refractivity (Wildman–Crippen MR) is 105 cm³/mol. The molecule has 2 aromatic rings. The van der Waals surface area contributed by atoms with Gasteiger partial charge in [0.05, 0.1) is 12.9 Å². The fourth-order valence-electron chi connectivity index (χ4n) is 4.71. The van der Waals surface area contributed by atoms with Crippen LogP contribution in [0.15, 0.2) is 54.5 Å². The molecule has 1 amide bonds. The average Bonchev–Trinajstić information content (AvgIpc) is 2.82.